The van der Waals surface area contributed by atoms with Crippen LogP contribution in [-0.2, 0) is 0 Å². The molecule has 0 bridgehead atoms. The van der Waals surface area contributed by atoms with Crippen molar-refractivity contribution in [3.8, 4) is 11.3 Å². The fraction of sp³-hybridized carbons (Fsp3) is 0.286. The molecular formula is C21H21N3O2S. The summed E-state index contributed by atoms with van der Waals surface area (Å²) in [6.07, 6.45) is 4.77. The third-order valence-electron chi connectivity index (χ3n) is 5.14. The molecule has 1 aliphatic rings. The Morgan fingerprint density at radius 1 is 1.11 bits per heavy atom. The van der Waals surface area contributed by atoms with E-state index in [0.29, 0.717) is 6.04 Å². The first-order chi connectivity index (χ1) is 13.1. The first-order valence-electron chi connectivity index (χ1n) is 9.19. The lowest BCUT2D eigenvalue weighted by Gasteiger charge is -2.16. The van der Waals surface area contributed by atoms with Crippen LogP contribution in [0.5, 0.6) is 0 Å². The van der Waals surface area contributed by atoms with Gasteiger partial charge in [-0.2, -0.15) is 0 Å². The second kappa shape index (κ2) is 7.48. The third kappa shape index (κ3) is 3.57. The van der Waals surface area contributed by atoms with Crippen LogP contribution in [0.25, 0.3) is 11.3 Å². The van der Waals surface area contributed by atoms with E-state index in [2.05, 4.69) is 22.9 Å². The van der Waals surface area contributed by atoms with Crippen LogP contribution in [0, 0.1) is 17.0 Å². The maximum absolute atomic E-state index is 11.0. The summed E-state index contributed by atoms with van der Waals surface area (Å²) in [7, 11) is 0. The van der Waals surface area contributed by atoms with E-state index in [1.165, 1.54) is 12.8 Å². The summed E-state index contributed by atoms with van der Waals surface area (Å²) in [5, 5.41) is 13.1. The highest BCUT2D eigenvalue weighted by Gasteiger charge is 2.22. The zero-order valence-electron chi connectivity index (χ0n) is 15.2. The van der Waals surface area contributed by atoms with E-state index in [4.69, 9.17) is 4.99 Å². The zero-order chi connectivity index (χ0) is 18.8. The van der Waals surface area contributed by atoms with Gasteiger partial charge >= 0.3 is 0 Å². The third-order valence-corrected chi connectivity index (χ3v) is 5.98. The Morgan fingerprint density at radius 3 is 2.48 bits per heavy atom. The summed E-state index contributed by atoms with van der Waals surface area (Å²) in [6, 6.07) is 15.4. The first-order valence-corrected chi connectivity index (χ1v) is 10.1. The molecule has 0 saturated heterocycles. The first kappa shape index (κ1) is 17.7. The summed E-state index contributed by atoms with van der Waals surface area (Å²) >= 11 is 1.63. The predicted octanol–water partition coefficient (Wildman–Crippen LogP) is 5.78. The quantitative estimate of drug-likeness (QED) is 0.426. The molecule has 6 heteroatoms. The molecule has 2 aromatic carbocycles. The van der Waals surface area contributed by atoms with Gasteiger partial charge in [0.05, 0.1) is 16.3 Å². The average Bonchev–Trinajstić information content (AvgIpc) is 3.33. The van der Waals surface area contributed by atoms with Gasteiger partial charge in [0.1, 0.15) is 0 Å². The highest BCUT2D eigenvalue weighted by molar-refractivity contribution is 7.07. The molecule has 0 unspecified atom stereocenters. The number of benzene rings is 2. The lowest BCUT2D eigenvalue weighted by Crippen LogP contribution is -2.20. The Hall–Kier alpha value is -2.73. The van der Waals surface area contributed by atoms with Crippen molar-refractivity contribution >= 4 is 22.7 Å². The molecule has 1 saturated carbocycles. The summed E-state index contributed by atoms with van der Waals surface area (Å²) in [5.41, 5.74) is 4.34. The van der Waals surface area contributed by atoms with Crippen LogP contribution in [0.4, 0.5) is 11.4 Å². The van der Waals surface area contributed by atoms with Gasteiger partial charge in [-0.15, -0.1) is 11.3 Å². The SMILES string of the molecule is Cc1ccccc1N=c1scc(-c2ccc([N+](=O)[O-])cc2)n1C1CCCC1. The number of para-hydroxylation sites is 1. The molecule has 4 rings (SSSR count). The van der Waals surface area contributed by atoms with E-state index in [-0.39, 0.29) is 10.6 Å². The van der Waals surface area contributed by atoms with Crippen LogP contribution >= 0.6 is 11.3 Å². The van der Waals surface area contributed by atoms with Gasteiger partial charge in [0.25, 0.3) is 5.69 Å². The molecular weight excluding hydrogens is 358 g/mol. The molecule has 138 valence electrons. The number of hydrogen-bond donors (Lipinski definition) is 0. The smallest absolute Gasteiger partial charge is 0.269 e. The van der Waals surface area contributed by atoms with Crippen LogP contribution in [0.2, 0.25) is 0 Å². The molecule has 1 aliphatic carbocycles. The Kier molecular flexibility index (Phi) is 4.90. The van der Waals surface area contributed by atoms with E-state index in [9.17, 15) is 10.1 Å². The number of rotatable bonds is 4. The van der Waals surface area contributed by atoms with Crippen molar-refractivity contribution in [3.05, 3.63) is 74.4 Å². The minimum Gasteiger partial charge on any atom is -0.313 e. The molecule has 0 aliphatic heterocycles. The Bertz CT molecular complexity index is 1030. The maximum Gasteiger partial charge on any atom is 0.269 e. The average molecular weight is 379 g/mol. The fourth-order valence-electron chi connectivity index (χ4n) is 3.67. The standard InChI is InChI=1S/C21H21N3O2S/c1-15-6-2-5-9-19(15)22-21-23(17-7-3-4-8-17)20(14-27-21)16-10-12-18(13-11-16)24(25)26/h2,5-6,9-14,17H,3-4,7-8H2,1H3. The van der Waals surface area contributed by atoms with E-state index >= 15 is 0 Å². The normalized spacial score (nSPS) is 15.4. The van der Waals surface area contributed by atoms with E-state index in [1.807, 2.05) is 30.3 Å². The topological polar surface area (TPSA) is 60.4 Å². The van der Waals surface area contributed by atoms with Crippen LogP contribution in [-0.4, -0.2) is 9.49 Å². The Balaban J connectivity index is 1.84. The minimum absolute atomic E-state index is 0.117. The number of non-ortho nitro benzene ring substituents is 1. The number of aryl methyl sites for hydroxylation is 1. The summed E-state index contributed by atoms with van der Waals surface area (Å²) in [6.45, 7) is 2.07. The second-order valence-corrected chi connectivity index (χ2v) is 7.75. The van der Waals surface area contributed by atoms with Gasteiger partial charge in [-0.1, -0.05) is 31.0 Å². The van der Waals surface area contributed by atoms with E-state index in [0.717, 1.165) is 40.2 Å². The van der Waals surface area contributed by atoms with Crippen LogP contribution in [0.15, 0.2) is 58.9 Å². The second-order valence-electron chi connectivity index (χ2n) is 6.91. The van der Waals surface area contributed by atoms with Gasteiger partial charge in [-0.25, -0.2) is 4.99 Å². The summed E-state index contributed by atoms with van der Waals surface area (Å²) in [5.74, 6) is 0. The highest BCUT2D eigenvalue weighted by atomic mass is 32.1. The number of aromatic nitrogens is 1. The van der Waals surface area contributed by atoms with Crippen molar-refractivity contribution in [2.45, 2.75) is 38.6 Å². The molecule has 3 aromatic rings. The predicted molar refractivity (Wildman–Crippen MR) is 108 cm³/mol. The molecule has 27 heavy (non-hydrogen) atoms. The maximum atomic E-state index is 11.0. The fourth-order valence-corrected chi connectivity index (χ4v) is 4.65. The summed E-state index contributed by atoms with van der Waals surface area (Å²) in [4.78, 5) is 16.5. The van der Waals surface area contributed by atoms with Gasteiger partial charge in [0, 0.05) is 23.6 Å². The molecule has 1 aromatic heterocycles. The number of nitro groups is 1. The molecule has 0 N–H and O–H groups in total. The molecule has 0 atom stereocenters. The highest BCUT2D eigenvalue weighted by Crippen LogP contribution is 2.34. The monoisotopic (exact) mass is 379 g/mol. The molecule has 1 heterocycles. The molecule has 0 spiro atoms. The van der Waals surface area contributed by atoms with Gasteiger partial charge in [-0.3, -0.25) is 10.1 Å². The lowest BCUT2D eigenvalue weighted by atomic mass is 10.1. The largest absolute Gasteiger partial charge is 0.313 e. The molecule has 0 radical (unpaired) electrons. The van der Waals surface area contributed by atoms with Crippen molar-refractivity contribution in [2.75, 3.05) is 0 Å². The number of nitrogens with zero attached hydrogens (tertiary/aromatic N) is 3. The molecule has 5 nitrogen and oxygen atoms in total. The van der Waals surface area contributed by atoms with Crippen LogP contribution in [0.1, 0.15) is 37.3 Å². The van der Waals surface area contributed by atoms with Crippen LogP contribution < -0.4 is 4.80 Å². The van der Waals surface area contributed by atoms with Gasteiger partial charge in [0.2, 0.25) is 0 Å². The molecule has 0 amide bonds. The minimum atomic E-state index is -0.360. The van der Waals surface area contributed by atoms with E-state index < -0.39 is 0 Å². The number of thiazole rings is 1. The van der Waals surface area contributed by atoms with Gasteiger partial charge in [-0.05, 0) is 49.1 Å². The van der Waals surface area contributed by atoms with Gasteiger partial charge < -0.3 is 4.57 Å². The van der Waals surface area contributed by atoms with Crippen molar-refractivity contribution in [1.82, 2.24) is 4.57 Å². The molecule has 1 fully saturated rings. The Labute approximate surface area is 161 Å². The Morgan fingerprint density at radius 2 is 1.81 bits per heavy atom. The van der Waals surface area contributed by atoms with Crippen molar-refractivity contribution in [2.24, 2.45) is 4.99 Å². The zero-order valence-corrected chi connectivity index (χ0v) is 16.0. The van der Waals surface area contributed by atoms with Crippen molar-refractivity contribution < 1.29 is 4.92 Å². The van der Waals surface area contributed by atoms with Crippen molar-refractivity contribution in [3.63, 3.8) is 0 Å². The van der Waals surface area contributed by atoms with Crippen molar-refractivity contribution in [1.29, 1.82) is 0 Å². The van der Waals surface area contributed by atoms with Crippen LogP contribution in [0.3, 0.4) is 0 Å². The summed E-state index contributed by atoms with van der Waals surface area (Å²) < 4.78 is 2.34. The lowest BCUT2D eigenvalue weighted by molar-refractivity contribution is -0.384. The number of nitro benzene ring substituents is 1. The van der Waals surface area contributed by atoms with Gasteiger partial charge in [0.15, 0.2) is 4.80 Å². The number of hydrogen-bond acceptors (Lipinski definition) is 4. The van der Waals surface area contributed by atoms with E-state index in [1.54, 1.807) is 23.5 Å².